The van der Waals surface area contributed by atoms with Crippen LogP contribution in [0.3, 0.4) is 0 Å². The Morgan fingerprint density at radius 2 is 2.07 bits per heavy atom. The average molecular weight is 545 g/mol. The fraction of sp³-hybridized carbons (Fsp3) is 0.350. The molecule has 6 nitrogen and oxygen atoms in total. The van der Waals surface area contributed by atoms with Crippen molar-refractivity contribution in [2.75, 3.05) is 6.54 Å². The summed E-state index contributed by atoms with van der Waals surface area (Å²) in [6.07, 6.45) is 2.64. The Labute approximate surface area is 197 Å². The summed E-state index contributed by atoms with van der Waals surface area (Å²) in [6, 6.07) is 12.1. The molecule has 29 heavy (non-hydrogen) atoms. The number of rotatable bonds is 8. The third-order valence-corrected chi connectivity index (χ3v) is 5.62. The molecule has 0 bridgehead atoms. The van der Waals surface area contributed by atoms with Crippen LogP contribution in [-0.2, 0) is 19.5 Å². The van der Waals surface area contributed by atoms with E-state index in [1.807, 2.05) is 24.3 Å². The van der Waals surface area contributed by atoms with Crippen LogP contribution >= 0.6 is 46.9 Å². The van der Waals surface area contributed by atoms with E-state index in [2.05, 4.69) is 56.8 Å². The Morgan fingerprint density at radius 1 is 1.28 bits per heavy atom. The molecule has 0 fully saturated rings. The maximum Gasteiger partial charge on any atom is 0.192 e. The lowest BCUT2D eigenvalue weighted by Gasteiger charge is -2.18. The number of nitrogens with one attached hydrogen (secondary N) is 2. The molecule has 2 aromatic heterocycles. The van der Waals surface area contributed by atoms with Gasteiger partial charge in [-0.15, -0.1) is 45.5 Å². The first-order valence-electron chi connectivity index (χ1n) is 9.35. The van der Waals surface area contributed by atoms with Crippen LogP contribution in [0.15, 0.2) is 53.1 Å². The summed E-state index contributed by atoms with van der Waals surface area (Å²) in [6.45, 7) is 6.31. The van der Waals surface area contributed by atoms with Gasteiger partial charge in [-0.05, 0) is 36.1 Å². The van der Waals surface area contributed by atoms with Crippen molar-refractivity contribution >= 4 is 52.9 Å². The normalized spacial score (nSPS) is 12.3. The zero-order valence-electron chi connectivity index (χ0n) is 16.5. The zero-order chi connectivity index (χ0) is 19.8. The third kappa shape index (κ3) is 7.27. The van der Waals surface area contributed by atoms with Crippen molar-refractivity contribution in [3.63, 3.8) is 0 Å². The van der Waals surface area contributed by atoms with Gasteiger partial charge in [0.05, 0.1) is 12.6 Å². The molecule has 1 atom stereocenters. The van der Waals surface area contributed by atoms with Crippen LogP contribution < -0.4 is 10.6 Å². The molecule has 0 aliphatic carbocycles. The number of aliphatic imine (C=N–C) groups is 1. The molecule has 0 saturated heterocycles. The molecule has 1 aromatic carbocycles. The first-order chi connectivity index (χ1) is 13.7. The number of hydrogen-bond donors (Lipinski definition) is 2. The summed E-state index contributed by atoms with van der Waals surface area (Å²) in [7, 11) is 0. The molecule has 0 radical (unpaired) electrons. The van der Waals surface area contributed by atoms with Gasteiger partial charge in [0, 0.05) is 29.4 Å². The Kier molecular flexibility index (Phi) is 9.89. The number of halogens is 2. The molecule has 156 valence electrons. The highest BCUT2D eigenvalue weighted by Gasteiger charge is 2.09. The monoisotopic (exact) mass is 544 g/mol. The molecular weight excluding hydrogens is 519 g/mol. The lowest BCUT2D eigenvalue weighted by Crippen LogP contribution is -2.40. The lowest BCUT2D eigenvalue weighted by molar-refractivity contribution is 0.621. The Bertz CT molecular complexity index is 879. The Morgan fingerprint density at radius 3 is 2.76 bits per heavy atom. The second kappa shape index (κ2) is 12.1. The second-order valence-electron chi connectivity index (χ2n) is 6.39. The summed E-state index contributed by atoms with van der Waals surface area (Å²) in [4.78, 5) is 6.02. The van der Waals surface area contributed by atoms with E-state index >= 15 is 0 Å². The molecule has 1 unspecified atom stereocenters. The van der Waals surface area contributed by atoms with Crippen LogP contribution in [0.5, 0.6) is 0 Å². The smallest absolute Gasteiger partial charge is 0.192 e. The zero-order valence-corrected chi connectivity index (χ0v) is 20.4. The highest BCUT2D eigenvalue weighted by Crippen LogP contribution is 2.18. The van der Waals surface area contributed by atoms with E-state index in [4.69, 9.17) is 16.6 Å². The summed E-state index contributed by atoms with van der Waals surface area (Å²) >= 11 is 7.71. The van der Waals surface area contributed by atoms with Gasteiger partial charge in [0.2, 0.25) is 0 Å². The van der Waals surface area contributed by atoms with Crippen molar-refractivity contribution in [3.8, 4) is 0 Å². The Balaban J connectivity index is 0.00000300. The van der Waals surface area contributed by atoms with Crippen molar-refractivity contribution < 1.29 is 0 Å². The predicted molar refractivity (Wildman–Crippen MR) is 131 cm³/mol. The van der Waals surface area contributed by atoms with Crippen LogP contribution in [0.1, 0.15) is 36.2 Å². The number of aryl methyl sites for hydroxylation is 1. The first-order valence-corrected chi connectivity index (χ1v) is 10.6. The fourth-order valence-electron chi connectivity index (χ4n) is 2.76. The van der Waals surface area contributed by atoms with Crippen LogP contribution in [0, 0.1) is 0 Å². The highest BCUT2D eigenvalue weighted by atomic mass is 127. The SMILES string of the molecule is CCc1nncn1CCNC(=NCc1ccc(Cl)cc1)NC(C)c1cccs1.I. The lowest BCUT2D eigenvalue weighted by atomic mass is 10.2. The van der Waals surface area contributed by atoms with Crippen molar-refractivity contribution in [2.24, 2.45) is 4.99 Å². The van der Waals surface area contributed by atoms with Gasteiger partial charge in [-0.3, -0.25) is 0 Å². The van der Waals surface area contributed by atoms with E-state index in [1.165, 1.54) is 4.88 Å². The maximum atomic E-state index is 5.97. The number of thiophene rings is 1. The Hall–Kier alpha value is -1.65. The molecular formula is C20H26ClIN6S. The van der Waals surface area contributed by atoms with Crippen molar-refractivity contribution in [1.29, 1.82) is 0 Å². The molecule has 2 heterocycles. The van der Waals surface area contributed by atoms with Gasteiger partial charge in [-0.25, -0.2) is 4.99 Å². The van der Waals surface area contributed by atoms with Crippen molar-refractivity contribution in [3.05, 3.63) is 69.4 Å². The number of hydrogen-bond acceptors (Lipinski definition) is 4. The number of aromatic nitrogens is 3. The topological polar surface area (TPSA) is 67.1 Å². The van der Waals surface area contributed by atoms with E-state index in [0.29, 0.717) is 6.54 Å². The van der Waals surface area contributed by atoms with E-state index in [1.54, 1.807) is 17.7 Å². The van der Waals surface area contributed by atoms with Crippen molar-refractivity contribution in [1.82, 2.24) is 25.4 Å². The van der Waals surface area contributed by atoms with Crippen LogP contribution in [0.2, 0.25) is 5.02 Å². The highest BCUT2D eigenvalue weighted by molar-refractivity contribution is 14.0. The number of guanidine groups is 1. The molecule has 9 heteroatoms. The van der Waals surface area contributed by atoms with Crippen LogP contribution in [0.25, 0.3) is 0 Å². The molecule has 0 aliphatic rings. The number of benzene rings is 1. The van der Waals surface area contributed by atoms with Crippen LogP contribution in [-0.4, -0.2) is 27.3 Å². The maximum absolute atomic E-state index is 5.97. The van der Waals surface area contributed by atoms with Gasteiger partial charge in [0.1, 0.15) is 12.2 Å². The van der Waals surface area contributed by atoms with E-state index < -0.39 is 0 Å². The molecule has 3 aromatic rings. The quantitative estimate of drug-likeness (QED) is 0.246. The predicted octanol–water partition coefficient (Wildman–Crippen LogP) is 4.67. The first kappa shape index (κ1) is 23.6. The summed E-state index contributed by atoms with van der Waals surface area (Å²) < 4.78 is 2.06. The summed E-state index contributed by atoms with van der Waals surface area (Å²) in [5, 5.41) is 17.9. The second-order valence-corrected chi connectivity index (χ2v) is 7.81. The van der Waals surface area contributed by atoms with Crippen molar-refractivity contribution in [2.45, 2.75) is 39.4 Å². The molecule has 2 N–H and O–H groups in total. The minimum absolute atomic E-state index is 0. The number of nitrogens with zero attached hydrogens (tertiary/aromatic N) is 4. The van der Waals surface area contributed by atoms with E-state index in [9.17, 15) is 0 Å². The molecule has 0 amide bonds. The molecule has 0 aliphatic heterocycles. The van der Waals surface area contributed by atoms with Gasteiger partial charge < -0.3 is 15.2 Å². The van der Waals surface area contributed by atoms with E-state index in [0.717, 1.165) is 41.9 Å². The van der Waals surface area contributed by atoms with E-state index in [-0.39, 0.29) is 30.0 Å². The van der Waals surface area contributed by atoms with Crippen LogP contribution in [0.4, 0.5) is 0 Å². The minimum Gasteiger partial charge on any atom is -0.355 e. The summed E-state index contributed by atoms with van der Waals surface area (Å²) in [5.41, 5.74) is 1.11. The minimum atomic E-state index is 0. The van der Waals surface area contributed by atoms with Gasteiger partial charge in [0.15, 0.2) is 5.96 Å². The average Bonchev–Trinajstić information content (AvgIpc) is 3.39. The van der Waals surface area contributed by atoms with Gasteiger partial charge in [-0.1, -0.05) is 36.7 Å². The largest absolute Gasteiger partial charge is 0.355 e. The molecule has 0 spiro atoms. The molecule has 0 saturated carbocycles. The van der Waals surface area contributed by atoms with Gasteiger partial charge in [0.25, 0.3) is 0 Å². The standard InChI is InChI=1S/C20H25ClN6S.HI/c1-3-19-26-24-14-27(19)11-10-22-20(25-15(2)18-5-4-12-28-18)23-13-16-6-8-17(21)9-7-16;/h4-9,12,14-15H,3,10-11,13H2,1-2H3,(H2,22,23,25);1H. The van der Waals surface area contributed by atoms with Gasteiger partial charge in [-0.2, -0.15) is 0 Å². The summed E-state index contributed by atoms with van der Waals surface area (Å²) in [5.74, 6) is 1.77. The molecule has 3 rings (SSSR count). The third-order valence-electron chi connectivity index (χ3n) is 4.31. The fourth-order valence-corrected chi connectivity index (χ4v) is 3.62. The van der Waals surface area contributed by atoms with Gasteiger partial charge >= 0.3 is 0 Å².